The molecule has 0 bridgehead atoms. The summed E-state index contributed by atoms with van der Waals surface area (Å²) in [6.07, 6.45) is -0.750. The first-order valence-corrected chi connectivity index (χ1v) is 9.98. The zero-order chi connectivity index (χ0) is 21.5. The number of aliphatic hydroxyl groups is 1. The van der Waals surface area contributed by atoms with Crippen molar-refractivity contribution in [2.24, 2.45) is 0 Å². The standard InChI is InChI=1S/C22H27F2N3O3/c1-16-12-26(14-22(29)25-18-8-6-17(23)7-9-18)10-11-27(16)13-19(28)15-30-21-5-3-2-4-20(21)24/h2-9,16,19,28H,10-15H2,1H3,(H,25,29). The molecule has 1 heterocycles. The second-order valence-corrected chi connectivity index (χ2v) is 7.53. The summed E-state index contributed by atoms with van der Waals surface area (Å²) in [6, 6.07) is 11.9. The topological polar surface area (TPSA) is 65.0 Å². The van der Waals surface area contributed by atoms with Crippen molar-refractivity contribution in [3.8, 4) is 5.75 Å². The van der Waals surface area contributed by atoms with E-state index in [4.69, 9.17) is 4.74 Å². The minimum atomic E-state index is -0.750. The number of ether oxygens (including phenoxy) is 1. The van der Waals surface area contributed by atoms with Gasteiger partial charge in [-0.1, -0.05) is 12.1 Å². The summed E-state index contributed by atoms with van der Waals surface area (Å²) in [5.41, 5.74) is 0.561. The third kappa shape index (κ3) is 6.48. The maximum atomic E-state index is 13.6. The molecule has 1 fully saturated rings. The fraction of sp³-hybridized carbons (Fsp3) is 0.409. The van der Waals surface area contributed by atoms with Crippen LogP contribution in [0, 0.1) is 11.6 Å². The average Bonchev–Trinajstić information content (AvgIpc) is 2.71. The number of benzene rings is 2. The van der Waals surface area contributed by atoms with Crippen molar-refractivity contribution in [1.29, 1.82) is 0 Å². The number of para-hydroxylation sites is 1. The van der Waals surface area contributed by atoms with Gasteiger partial charge in [0.25, 0.3) is 0 Å². The van der Waals surface area contributed by atoms with Gasteiger partial charge in [0, 0.05) is 37.9 Å². The van der Waals surface area contributed by atoms with Crippen molar-refractivity contribution in [3.05, 3.63) is 60.2 Å². The first kappa shape index (κ1) is 22.1. The van der Waals surface area contributed by atoms with Crippen molar-refractivity contribution in [3.63, 3.8) is 0 Å². The summed E-state index contributed by atoms with van der Waals surface area (Å²) < 4.78 is 31.9. The summed E-state index contributed by atoms with van der Waals surface area (Å²) in [6.45, 7) is 4.75. The number of amides is 1. The van der Waals surface area contributed by atoms with Gasteiger partial charge in [0.15, 0.2) is 11.6 Å². The summed E-state index contributed by atoms with van der Waals surface area (Å²) in [7, 11) is 0. The van der Waals surface area contributed by atoms with Crippen molar-refractivity contribution in [2.75, 3.05) is 44.6 Å². The van der Waals surface area contributed by atoms with Crippen LogP contribution in [0.15, 0.2) is 48.5 Å². The average molecular weight is 419 g/mol. The Hall–Kier alpha value is -2.55. The van der Waals surface area contributed by atoms with Crippen LogP contribution in [0.4, 0.5) is 14.5 Å². The van der Waals surface area contributed by atoms with Crippen molar-refractivity contribution in [2.45, 2.75) is 19.1 Å². The molecule has 6 nitrogen and oxygen atoms in total. The van der Waals surface area contributed by atoms with Crippen LogP contribution in [0.2, 0.25) is 0 Å². The van der Waals surface area contributed by atoms with E-state index in [1.54, 1.807) is 12.1 Å². The molecule has 162 valence electrons. The van der Waals surface area contributed by atoms with Crippen LogP contribution in [-0.2, 0) is 4.79 Å². The number of piperazine rings is 1. The molecular formula is C22H27F2N3O3. The van der Waals surface area contributed by atoms with E-state index < -0.39 is 11.9 Å². The van der Waals surface area contributed by atoms with Gasteiger partial charge in [-0.2, -0.15) is 0 Å². The van der Waals surface area contributed by atoms with Crippen LogP contribution in [0.3, 0.4) is 0 Å². The fourth-order valence-electron chi connectivity index (χ4n) is 3.49. The molecule has 2 unspecified atom stereocenters. The lowest BCUT2D eigenvalue weighted by molar-refractivity contribution is -0.118. The number of nitrogens with one attached hydrogen (secondary N) is 1. The molecule has 30 heavy (non-hydrogen) atoms. The Bertz CT molecular complexity index is 835. The lowest BCUT2D eigenvalue weighted by atomic mass is 10.1. The number of hydrogen-bond acceptors (Lipinski definition) is 5. The molecule has 2 atom stereocenters. The number of nitrogens with zero attached hydrogens (tertiary/aromatic N) is 2. The third-order valence-corrected chi connectivity index (χ3v) is 5.06. The second-order valence-electron chi connectivity index (χ2n) is 7.53. The predicted molar refractivity (Wildman–Crippen MR) is 110 cm³/mol. The number of carbonyl (C=O) groups is 1. The SMILES string of the molecule is CC1CN(CC(=O)Nc2ccc(F)cc2)CCN1CC(O)COc1ccccc1F. The molecule has 0 radical (unpaired) electrons. The van der Waals surface area contributed by atoms with Gasteiger partial charge in [-0.25, -0.2) is 8.78 Å². The molecule has 2 aromatic carbocycles. The Labute approximate surface area is 175 Å². The van der Waals surface area contributed by atoms with E-state index in [0.29, 0.717) is 31.9 Å². The van der Waals surface area contributed by atoms with E-state index in [9.17, 15) is 18.7 Å². The van der Waals surface area contributed by atoms with Gasteiger partial charge in [0.1, 0.15) is 18.5 Å². The van der Waals surface area contributed by atoms with Gasteiger partial charge in [0.2, 0.25) is 5.91 Å². The number of carbonyl (C=O) groups excluding carboxylic acids is 1. The largest absolute Gasteiger partial charge is 0.488 e. The number of anilines is 1. The van der Waals surface area contributed by atoms with Crippen molar-refractivity contribution >= 4 is 11.6 Å². The normalized spacial score (nSPS) is 18.7. The van der Waals surface area contributed by atoms with Crippen LogP contribution in [0.5, 0.6) is 5.75 Å². The highest BCUT2D eigenvalue weighted by molar-refractivity contribution is 5.92. The Morgan fingerprint density at radius 1 is 1.20 bits per heavy atom. The van der Waals surface area contributed by atoms with E-state index in [2.05, 4.69) is 10.2 Å². The maximum Gasteiger partial charge on any atom is 0.238 e. The van der Waals surface area contributed by atoms with Crippen LogP contribution in [0.25, 0.3) is 0 Å². The molecule has 3 rings (SSSR count). The summed E-state index contributed by atoms with van der Waals surface area (Å²) in [5, 5.41) is 13.0. The van der Waals surface area contributed by atoms with E-state index in [0.717, 1.165) is 0 Å². The molecule has 1 saturated heterocycles. The van der Waals surface area contributed by atoms with Crippen LogP contribution >= 0.6 is 0 Å². The first-order chi connectivity index (χ1) is 14.4. The maximum absolute atomic E-state index is 13.6. The molecule has 1 amide bonds. The zero-order valence-corrected chi connectivity index (χ0v) is 16.9. The van der Waals surface area contributed by atoms with E-state index in [1.165, 1.54) is 36.4 Å². The smallest absolute Gasteiger partial charge is 0.238 e. The molecule has 0 saturated carbocycles. The molecule has 2 aromatic rings. The van der Waals surface area contributed by atoms with Crippen molar-refractivity contribution < 1.29 is 23.4 Å². The van der Waals surface area contributed by atoms with Crippen LogP contribution in [-0.4, -0.2) is 72.3 Å². The van der Waals surface area contributed by atoms with Gasteiger partial charge < -0.3 is 15.2 Å². The summed E-state index contributed by atoms with van der Waals surface area (Å²) in [4.78, 5) is 16.4. The van der Waals surface area contributed by atoms with Gasteiger partial charge in [0.05, 0.1) is 6.54 Å². The first-order valence-electron chi connectivity index (χ1n) is 9.98. The zero-order valence-electron chi connectivity index (χ0n) is 16.9. The van der Waals surface area contributed by atoms with Gasteiger partial charge in [-0.15, -0.1) is 0 Å². The Balaban J connectivity index is 1.40. The molecule has 1 aliphatic rings. The number of rotatable bonds is 8. The summed E-state index contributed by atoms with van der Waals surface area (Å²) >= 11 is 0. The quantitative estimate of drug-likeness (QED) is 0.688. The van der Waals surface area contributed by atoms with Gasteiger partial charge in [-0.05, 0) is 43.3 Å². The number of β-amino-alcohol motifs (C(OH)–C–C–N with tert-alkyl or cyclic N) is 1. The second kappa shape index (κ2) is 10.5. The fourth-order valence-corrected chi connectivity index (χ4v) is 3.49. The Morgan fingerprint density at radius 2 is 1.93 bits per heavy atom. The summed E-state index contributed by atoms with van der Waals surface area (Å²) in [5.74, 6) is -0.827. The molecule has 2 N–H and O–H groups in total. The van der Waals surface area contributed by atoms with Gasteiger partial charge in [-0.3, -0.25) is 14.6 Å². The van der Waals surface area contributed by atoms with Crippen LogP contribution in [0.1, 0.15) is 6.92 Å². The number of hydrogen-bond donors (Lipinski definition) is 2. The predicted octanol–water partition coefficient (Wildman–Crippen LogP) is 2.35. The molecule has 0 aromatic heterocycles. The van der Waals surface area contributed by atoms with E-state index >= 15 is 0 Å². The Morgan fingerprint density at radius 3 is 2.63 bits per heavy atom. The Kier molecular flexibility index (Phi) is 7.73. The molecule has 0 spiro atoms. The molecule has 0 aliphatic carbocycles. The lowest BCUT2D eigenvalue weighted by Gasteiger charge is -2.40. The lowest BCUT2D eigenvalue weighted by Crippen LogP contribution is -2.55. The van der Waals surface area contributed by atoms with Gasteiger partial charge >= 0.3 is 0 Å². The van der Waals surface area contributed by atoms with E-state index in [1.807, 2.05) is 11.8 Å². The molecular weight excluding hydrogens is 392 g/mol. The molecule has 8 heteroatoms. The minimum absolute atomic E-state index is 0.00788. The highest BCUT2D eigenvalue weighted by Crippen LogP contribution is 2.16. The number of aliphatic hydroxyl groups excluding tert-OH is 1. The van der Waals surface area contributed by atoms with Crippen molar-refractivity contribution in [1.82, 2.24) is 9.80 Å². The third-order valence-electron chi connectivity index (χ3n) is 5.06. The van der Waals surface area contributed by atoms with Crippen LogP contribution < -0.4 is 10.1 Å². The highest BCUT2D eigenvalue weighted by atomic mass is 19.1. The minimum Gasteiger partial charge on any atom is -0.488 e. The van der Waals surface area contributed by atoms with E-state index in [-0.39, 0.29) is 36.7 Å². The number of halogens is 2. The molecule has 1 aliphatic heterocycles. The highest BCUT2D eigenvalue weighted by Gasteiger charge is 2.26. The monoisotopic (exact) mass is 419 g/mol.